The molecule has 2 aromatic carbocycles. The van der Waals surface area contributed by atoms with Crippen LogP contribution in [0.5, 0.6) is 0 Å². The molecule has 1 fully saturated rings. The van der Waals surface area contributed by atoms with Crippen molar-refractivity contribution >= 4 is 23.2 Å². The van der Waals surface area contributed by atoms with E-state index in [1.54, 1.807) is 42.2 Å². The monoisotopic (exact) mass is 440 g/mol. The van der Waals surface area contributed by atoms with Crippen molar-refractivity contribution in [1.29, 1.82) is 0 Å². The molecule has 8 heteroatoms. The van der Waals surface area contributed by atoms with Gasteiger partial charge in [-0.15, -0.1) is 0 Å². The molecule has 160 valence electrons. The standard InChI is InChI=1S/C23H22ClFN4O2/c1-16-13-21(30)29(23(26-16)17-3-2-4-18(24)14-17)15-22(31)28-11-9-27(10-12-28)20-7-5-19(25)6-8-20/h2-8,13-14H,9-12,15H2,1H3. The molecule has 6 nitrogen and oxygen atoms in total. The molecule has 3 aromatic rings. The number of aryl methyl sites for hydroxylation is 1. The van der Waals surface area contributed by atoms with Crippen molar-refractivity contribution in [3.05, 3.63) is 81.5 Å². The Hall–Kier alpha value is -3.19. The number of halogens is 2. The van der Waals surface area contributed by atoms with E-state index in [-0.39, 0.29) is 23.8 Å². The normalized spacial score (nSPS) is 14.0. The summed E-state index contributed by atoms with van der Waals surface area (Å²) in [6, 6.07) is 14.8. The molecule has 1 saturated heterocycles. The number of rotatable bonds is 4. The molecule has 1 aliphatic rings. The van der Waals surface area contributed by atoms with Crippen LogP contribution >= 0.6 is 11.6 Å². The molecule has 0 atom stereocenters. The van der Waals surface area contributed by atoms with Crippen molar-refractivity contribution in [1.82, 2.24) is 14.5 Å². The number of amides is 1. The van der Waals surface area contributed by atoms with Crippen LogP contribution in [0.2, 0.25) is 5.02 Å². The summed E-state index contributed by atoms with van der Waals surface area (Å²) in [4.78, 5) is 34.0. The van der Waals surface area contributed by atoms with Crippen LogP contribution in [0.3, 0.4) is 0 Å². The second kappa shape index (κ2) is 8.89. The fourth-order valence-corrected chi connectivity index (χ4v) is 3.91. The number of hydrogen-bond donors (Lipinski definition) is 0. The summed E-state index contributed by atoms with van der Waals surface area (Å²) in [6.07, 6.45) is 0. The van der Waals surface area contributed by atoms with Crippen molar-refractivity contribution in [3.8, 4) is 11.4 Å². The van der Waals surface area contributed by atoms with Crippen LogP contribution in [0.15, 0.2) is 59.4 Å². The Bertz CT molecular complexity index is 1150. The minimum absolute atomic E-state index is 0.0927. The maximum atomic E-state index is 13.2. The van der Waals surface area contributed by atoms with Crippen molar-refractivity contribution < 1.29 is 9.18 Å². The van der Waals surface area contributed by atoms with E-state index in [2.05, 4.69) is 9.88 Å². The molecular weight excluding hydrogens is 419 g/mol. The molecule has 1 aliphatic heterocycles. The highest BCUT2D eigenvalue weighted by molar-refractivity contribution is 6.30. The van der Waals surface area contributed by atoms with Crippen LogP contribution in [0, 0.1) is 12.7 Å². The number of aromatic nitrogens is 2. The zero-order valence-electron chi connectivity index (χ0n) is 17.1. The van der Waals surface area contributed by atoms with Crippen LogP contribution in [0.4, 0.5) is 10.1 Å². The number of benzene rings is 2. The molecule has 4 rings (SSSR count). The Kier molecular flexibility index (Phi) is 6.04. The van der Waals surface area contributed by atoms with Gasteiger partial charge in [0.1, 0.15) is 18.2 Å². The Balaban J connectivity index is 1.50. The van der Waals surface area contributed by atoms with Crippen LogP contribution in [0.1, 0.15) is 5.69 Å². The molecule has 0 aliphatic carbocycles. The molecule has 0 saturated carbocycles. The Morgan fingerprint density at radius 1 is 1.06 bits per heavy atom. The lowest BCUT2D eigenvalue weighted by atomic mass is 10.2. The van der Waals surface area contributed by atoms with Gasteiger partial charge < -0.3 is 9.80 Å². The summed E-state index contributed by atoms with van der Waals surface area (Å²) in [7, 11) is 0. The van der Waals surface area contributed by atoms with Gasteiger partial charge in [0.05, 0.1) is 0 Å². The molecule has 1 aromatic heterocycles. The Morgan fingerprint density at radius 3 is 2.45 bits per heavy atom. The highest BCUT2D eigenvalue weighted by Crippen LogP contribution is 2.21. The van der Waals surface area contributed by atoms with Gasteiger partial charge in [-0.25, -0.2) is 9.37 Å². The average molecular weight is 441 g/mol. The van der Waals surface area contributed by atoms with E-state index in [1.807, 2.05) is 6.07 Å². The van der Waals surface area contributed by atoms with Crippen LogP contribution in [-0.2, 0) is 11.3 Å². The molecule has 2 heterocycles. The number of nitrogens with zero attached hydrogens (tertiary/aromatic N) is 4. The lowest BCUT2D eigenvalue weighted by Crippen LogP contribution is -2.50. The van der Waals surface area contributed by atoms with E-state index in [0.717, 1.165) is 5.69 Å². The second-order valence-electron chi connectivity index (χ2n) is 7.50. The molecule has 0 bridgehead atoms. The average Bonchev–Trinajstić information content (AvgIpc) is 2.76. The number of carbonyl (C=O) groups is 1. The van der Waals surface area contributed by atoms with E-state index in [0.29, 0.717) is 48.3 Å². The molecular formula is C23H22ClFN4O2. The summed E-state index contributed by atoms with van der Waals surface area (Å²) < 4.78 is 14.5. The first-order valence-corrected chi connectivity index (χ1v) is 10.4. The topological polar surface area (TPSA) is 58.4 Å². The van der Waals surface area contributed by atoms with E-state index in [9.17, 15) is 14.0 Å². The van der Waals surface area contributed by atoms with E-state index < -0.39 is 0 Å². The third-order valence-electron chi connectivity index (χ3n) is 5.34. The van der Waals surface area contributed by atoms with Gasteiger partial charge in [-0.2, -0.15) is 0 Å². The van der Waals surface area contributed by atoms with E-state index in [4.69, 9.17) is 11.6 Å². The second-order valence-corrected chi connectivity index (χ2v) is 7.94. The minimum Gasteiger partial charge on any atom is -0.368 e. The molecule has 0 radical (unpaired) electrons. The summed E-state index contributed by atoms with van der Waals surface area (Å²) >= 11 is 6.11. The van der Waals surface area contributed by atoms with Gasteiger partial charge in [-0.3, -0.25) is 14.2 Å². The van der Waals surface area contributed by atoms with Crippen LogP contribution in [-0.4, -0.2) is 46.5 Å². The van der Waals surface area contributed by atoms with Gasteiger partial charge in [0.15, 0.2) is 0 Å². The Labute approximate surface area is 184 Å². The quantitative estimate of drug-likeness (QED) is 0.624. The molecule has 1 amide bonds. The first-order chi connectivity index (χ1) is 14.9. The first kappa shape index (κ1) is 21.1. The highest BCUT2D eigenvalue weighted by Gasteiger charge is 2.23. The zero-order valence-corrected chi connectivity index (χ0v) is 17.8. The molecule has 0 N–H and O–H groups in total. The van der Waals surface area contributed by atoms with Crippen molar-refractivity contribution in [2.45, 2.75) is 13.5 Å². The van der Waals surface area contributed by atoms with Gasteiger partial charge >= 0.3 is 0 Å². The summed E-state index contributed by atoms with van der Waals surface area (Å²) in [5.74, 6) is 0.00538. The number of piperazine rings is 1. The largest absolute Gasteiger partial charge is 0.368 e. The molecule has 31 heavy (non-hydrogen) atoms. The fraction of sp³-hybridized carbons (Fsp3) is 0.261. The van der Waals surface area contributed by atoms with Crippen LogP contribution in [0.25, 0.3) is 11.4 Å². The predicted octanol–water partition coefficient (Wildman–Crippen LogP) is 3.36. The minimum atomic E-state index is -0.277. The predicted molar refractivity (Wildman–Crippen MR) is 119 cm³/mol. The highest BCUT2D eigenvalue weighted by atomic mass is 35.5. The molecule has 0 unspecified atom stereocenters. The van der Waals surface area contributed by atoms with Gasteiger partial charge in [0, 0.05) is 54.2 Å². The van der Waals surface area contributed by atoms with E-state index in [1.165, 1.54) is 22.8 Å². The number of anilines is 1. The number of carbonyl (C=O) groups excluding carboxylic acids is 1. The molecule has 0 spiro atoms. The number of hydrogen-bond acceptors (Lipinski definition) is 4. The maximum absolute atomic E-state index is 13.2. The third-order valence-corrected chi connectivity index (χ3v) is 5.57. The van der Waals surface area contributed by atoms with Crippen molar-refractivity contribution in [3.63, 3.8) is 0 Å². The zero-order chi connectivity index (χ0) is 22.0. The lowest BCUT2D eigenvalue weighted by molar-refractivity contribution is -0.132. The Morgan fingerprint density at radius 2 is 1.77 bits per heavy atom. The maximum Gasteiger partial charge on any atom is 0.254 e. The SMILES string of the molecule is Cc1cc(=O)n(CC(=O)N2CCN(c3ccc(F)cc3)CC2)c(-c2cccc(Cl)c2)n1. The van der Waals surface area contributed by atoms with Crippen molar-refractivity contribution in [2.75, 3.05) is 31.1 Å². The van der Waals surface area contributed by atoms with Gasteiger partial charge in [0.25, 0.3) is 5.56 Å². The van der Waals surface area contributed by atoms with Crippen LogP contribution < -0.4 is 10.5 Å². The van der Waals surface area contributed by atoms with E-state index >= 15 is 0 Å². The van der Waals surface area contributed by atoms with Crippen molar-refractivity contribution in [2.24, 2.45) is 0 Å². The third kappa shape index (κ3) is 4.77. The first-order valence-electron chi connectivity index (χ1n) is 10.0. The summed E-state index contributed by atoms with van der Waals surface area (Å²) in [5.41, 5.74) is 1.91. The smallest absolute Gasteiger partial charge is 0.254 e. The summed E-state index contributed by atoms with van der Waals surface area (Å²) in [5, 5.41) is 0.531. The summed E-state index contributed by atoms with van der Waals surface area (Å²) in [6.45, 7) is 3.98. The fourth-order valence-electron chi connectivity index (χ4n) is 3.72. The van der Waals surface area contributed by atoms with Gasteiger partial charge in [-0.1, -0.05) is 23.7 Å². The van der Waals surface area contributed by atoms with Gasteiger partial charge in [-0.05, 0) is 43.3 Å². The lowest BCUT2D eigenvalue weighted by Gasteiger charge is -2.36. The van der Waals surface area contributed by atoms with Gasteiger partial charge in [0.2, 0.25) is 5.91 Å².